The van der Waals surface area contributed by atoms with Gasteiger partial charge in [-0.1, -0.05) is 240 Å². The Balaban J connectivity index is 4.47. The molecule has 1 unspecified atom stereocenters. The van der Waals surface area contributed by atoms with Gasteiger partial charge in [-0.05, 0) is 109 Å². The quantitative estimate of drug-likeness (QED) is 0.0199. The third-order valence-electron chi connectivity index (χ3n) is 12.3. The van der Waals surface area contributed by atoms with Gasteiger partial charge in [0.25, 0.3) is 0 Å². The summed E-state index contributed by atoms with van der Waals surface area (Å²) >= 11 is 0. The van der Waals surface area contributed by atoms with Crippen LogP contribution in [0.1, 0.15) is 271 Å². The lowest BCUT2D eigenvalue weighted by atomic mass is 10.1. The molecule has 0 rings (SSSR count). The van der Waals surface area contributed by atoms with Crippen LogP contribution in [0.3, 0.4) is 0 Å². The molecular weight excluding hydrogens is 865 g/mol. The van der Waals surface area contributed by atoms with Gasteiger partial charge in [-0.2, -0.15) is 0 Å². The maximum Gasteiger partial charge on any atom is 0.306 e. The van der Waals surface area contributed by atoms with Crippen molar-refractivity contribution in [2.24, 2.45) is 0 Å². The van der Waals surface area contributed by atoms with Crippen LogP contribution in [0.5, 0.6) is 0 Å². The fourth-order valence-electron chi connectivity index (χ4n) is 7.93. The Morgan fingerprint density at radius 2 is 0.614 bits per heavy atom. The van der Waals surface area contributed by atoms with Crippen molar-refractivity contribution in [3.8, 4) is 0 Å². The highest BCUT2D eigenvalue weighted by atomic mass is 16.6. The van der Waals surface area contributed by atoms with Gasteiger partial charge in [0, 0.05) is 19.3 Å². The van der Waals surface area contributed by atoms with E-state index < -0.39 is 6.10 Å². The Bertz CT molecular complexity index is 1400. The SMILES string of the molecule is CC/C=C\C/C=C\C/C=C\CCCCCCCCC(=O)OCC(COC(=O)CCCCCCCCCCCC/C=C\C=C/CCCCC)OC(=O)CCC/C=C\C/C=C\C/C=C\CCCCCCCC. The van der Waals surface area contributed by atoms with Crippen molar-refractivity contribution in [3.05, 3.63) is 97.2 Å². The van der Waals surface area contributed by atoms with E-state index in [1.165, 1.54) is 135 Å². The summed E-state index contributed by atoms with van der Waals surface area (Å²) in [5.41, 5.74) is 0. The second-order valence-electron chi connectivity index (χ2n) is 19.2. The molecule has 400 valence electrons. The van der Waals surface area contributed by atoms with Gasteiger partial charge in [-0.3, -0.25) is 14.4 Å². The molecule has 0 N–H and O–H groups in total. The van der Waals surface area contributed by atoms with Crippen LogP contribution in [0.2, 0.25) is 0 Å². The number of carbonyl (C=O) groups is 3. The average Bonchev–Trinajstić information content (AvgIpc) is 3.36. The van der Waals surface area contributed by atoms with Gasteiger partial charge >= 0.3 is 17.9 Å². The molecule has 0 heterocycles. The highest BCUT2D eigenvalue weighted by Gasteiger charge is 2.19. The van der Waals surface area contributed by atoms with Crippen molar-refractivity contribution in [2.75, 3.05) is 13.2 Å². The lowest BCUT2D eigenvalue weighted by Gasteiger charge is -2.18. The Morgan fingerprint density at radius 3 is 1.03 bits per heavy atom. The fraction of sp³-hybridized carbons (Fsp3) is 0.703. The molecule has 0 saturated carbocycles. The lowest BCUT2D eigenvalue weighted by Crippen LogP contribution is -2.30. The van der Waals surface area contributed by atoms with Gasteiger partial charge in [-0.25, -0.2) is 0 Å². The summed E-state index contributed by atoms with van der Waals surface area (Å²) in [6, 6.07) is 0. The van der Waals surface area contributed by atoms with E-state index in [2.05, 4.69) is 118 Å². The Kier molecular flexibility index (Phi) is 54.9. The van der Waals surface area contributed by atoms with E-state index in [1.807, 2.05) is 0 Å². The highest BCUT2D eigenvalue weighted by molar-refractivity contribution is 5.71. The minimum absolute atomic E-state index is 0.104. The Hall–Kier alpha value is -3.67. The zero-order chi connectivity index (χ0) is 50.7. The molecular formula is C64H108O6. The molecule has 0 saturated heterocycles. The smallest absolute Gasteiger partial charge is 0.306 e. The van der Waals surface area contributed by atoms with Gasteiger partial charge < -0.3 is 14.2 Å². The maximum atomic E-state index is 12.8. The van der Waals surface area contributed by atoms with Crippen molar-refractivity contribution < 1.29 is 28.6 Å². The summed E-state index contributed by atoms with van der Waals surface area (Å²) < 4.78 is 16.8. The molecule has 6 nitrogen and oxygen atoms in total. The zero-order valence-corrected chi connectivity index (χ0v) is 45.8. The summed E-state index contributed by atoms with van der Waals surface area (Å²) in [5, 5.41) is 0. The van der Waals surface area contributed by atoms with Crippen molar-refractivity contribution in [3.63, 3.8) is 0 Å². The summed E-state index contributed by atoms with van der Waals surface area (Å²) in [4.78, 5) is 38.2. The molecule has 0 bridgehead atoms. The molecule has 0 aromatic carbocycles. The Labute approximate surface area is 432 Å². The van der Waals surface area contributed by atoms with E-state index in [9.17, 15) is 14.4 Å². The molecule has 0 aliphatic carbocycles. The van der Waals surface area contributed by atoms with Crippen LogP contribution >= 0.6 is 0 Å². The first-order valence-corrected chi connectivity index (χ1v) is 29.3. The summed E-state index contributed by atoms with van der Waals surface area (Å²) in [7, 11) is 0. The van der Waals surface area contributed by atoms with Crippen molar-refractivity contribution in [2.45, 2.75) is 277 Å². The Morgan fingerprint density at radius 1 is 0.314 bits per heavy atom. The zero-order valence-electron chi connectivity index (χ0n) is 45.8. The molecule has 0 fully saturated rings. The summed E-state index contributed by atoms with van der Waals surface area (Å²) in [6.07, 6.45) is 76.9. The molecule has 0 aliphatic rings. The molecule has 0 radical (unpaired) electrons. The van der Waals surface area contributed by atoms with Crippen LogP contribution in [0.15, 0.2) is 97.2 Å². The third kappa shape index (κ3) is 55.3. The van der Waals surface area contributed by atoms with Crippen LogP contribution in [0.25, 0.3) is 0 Å². The number of ether oxygens (including phenoxy) is 3. The van der Waals surface area contributed by atoms with Crippen LogP contribution in [-0.4, -0.2) is 37.2 Å². The van der Waals surface area contributed by atoms with Gasteiger partial charge in [0.1, 0.15) is 13.2 Å². The topological polar surface area (TPSA) is 78.9 Å². The minimum atomic E-state index is -0.812. The number of carbonyl (C=O) groups excluding carboxylic acids is 3. The van der Waals surface area contributed by atoms with E-state index in [0.717, 1.165) is 89.9 Å². The predicted molar refractivity (Wildman–Crippen MR) is 302 cm³/mol. The molecule has 1 atom stereocenters. The first kappa shape index (κ1) is 66.3. The monoisotopic (exact) mass is 973 g/mol. The first-order chi connectivity index (χ1) is 34.5. The normalized spacial score (nSPS) is 12.8. The second kappa shape index (κ2) is 57.9. The van der Waals surface area contributed by atoms with Crippen molar-refractivity contribution >= 4 is 17.9 Å². The van der Waals surface area contributed by atoms with Crippen LogP contribution < -0.4 is 0 Å². The van der Waals surface area contributed by atoms with Gasteiger partial charge in [-0.15, -0.1) is 0 Å². The highest BCUT2D eigenvalue weighted by Crippen LogP contribution is 2.15. The number of hydrogen-bond donors (Lipinski definition) is 0. The minimum Gasteiger partial charge on any atom is -0.462 e. The standard InChI is InChI=1S/C64H108O6/c1-4-7-10-13-16-19-22-25-28-31-32-34-36-39-42-45-48-51-54-57-63(66)69-60-61(59-68-62(65)56-53-50-47-44-41-38-35-30-27-24-21-18-15-12-9-6-3)70-64(67)58-55-52-49-46-43-40-37-33-29-26-23-20-17-14-11-8-5-2/h9,12,16,18-19,21-22,25-27,29-30,37,40,46,49,61H,4-8,10-11,13-15,17,20,23-24,28,31-36,38-39,41-45,47-48,50-60H2,1-3H3/b12-9-,19-16-,21-18-,25-22-,29-26-,30-27-,40-37-,49-46-. The van der Waals surface area contributed by atoms with Crippen molar-refractivity contribution in [1.82, 2.24) is 0 Å². The molecule has 0 aliphatic heterocycles. The molecule has 6 heteroatoms. The third-order valence-corrected chi connectivity index (χ3v) is 12.3. The summed E-state index contributed by atoms with van der Waals surface area (Å²) in [6.45, 7) is 6.45. The molecule has 0 aromatic heterocycles. The predicted octanol–water partition coefficient (Wildman–Crippen LogP) is 19.7. The largest absolute Gasteiger partial charge is 0.462 e. The average molecular weight is 974 g/mol. The lowest BCUT2D eigenvalue weighted by molar-refractivity contribution is -0.167. The number of esters is 3. The van der Waals surface area contributed by atoms with E-state index in [0.29, 0.717) is 19.3 Å². The number of unbranched alkanes of at least 4 members (excludes halogenated alkanes) is 26. The van der Waals surface area contributed by atoms with E-state index in [-0.39, 0.29) is 37.5 Å². The van der Waals surface area contributed by atoms with Crippen molar-refractivity contribution in [1.29, 1.82) is 0 Å². The van der Waals surface area contributed by atoms with Crippen LogP contribution in [0, 0.1) is 0 Å². The molecule has 0 spiro atoms. The summed E-state index contributed by atoms with van der Waals surface area (Å²) in [5.74, 6) is -0.969. The second-order valence-corrected chi connectivity index (χ2v) is 19.2. The van der Waals surface area contributed by atoms with Crippen LogP contribution in [-0.2, 0) is 28.6 Å². The first-order valence-electron chi connectivity index (χ1n) is 29.3. The van der Waals surface area contributed by atoms with E-state index >= 15 is 0 Å². The molecule has 70 heavy (non-hydrogen) atoms. The molecule has 0 amide bonds. The fourth-order valence-corrected chi connectivity index (χ4v) is 7.93. The van der Waals surface area contributed by atoms with E-state index in [1.54, 1.807) is 0 Å². The number of hydrogen-bond acceptors (Lipinski definition) is 6. The van der Waals surface area contributed by atoms with Gasteiger partial charge in [0.2, 0.25) is 0 Å². The number of rotatable bonds is 52. The van der Waals surface area contributed by atoms with Gasteiger partial charge in [0.15, 0.2) is 6.10 Å². The molecule has 0 aromatic rings. The van der Waals surface area contributed by atoms with E-state index in [4.69, 9.17) is 14.2 Å². The number of allylic oxidation sites excluding steroid dienone is 16. The van der Waals surface area contributed by atoms with Crippen LogP contribution in [0.4, 0.5) is 0 Å². The maximum absolute atomic E-state index is 12.8. The van der Waals surface area contributed by atoms with Gasteiger partial charge in [0.05, 0.1) is 0 Å².